The number of benzene rings is 4. The van der Waals surface area contributed by atoms with Gasteiger partial charge in [0.05, 0.1) is 0 Å². The molecule has 4 heteroatoms. The van der Waals surface area contributed by atoms with Crippen LogP contribution in [0.1, 0.15) is 174 Å². The van der Waals surface area contributed by atoms with Crippen LogP contribution in [-0.4, -0.2) is 6.88 Å². The van der Waals surface area contributed by atoms with E-state index in [0.717, 1.165) is 12.8 Å². The number of aryl methyl sites for hydroxylation is 2. The van der Waals surface area contributed by atoms with Crippen molar-refractivity contribution in [2.75, 3.05) is 0 Å². The Morgan fingerprint density at radius 1 is 0.466 bits per heavy atom. The number of rotatable bonds is 6. The maximum Gasteiger partial charge on any atom is -0.147 e. The average Bonchev–Trinajstić information content (AvgIpc) is 3.61. The molecule has 4 aromatic rings. The Hall–Kier alpha value is -1.96. The number of fused-ring (bicyclic) bond motifs is 2. The first-order chi connectivity index (χ1) is 25.5. The van der Waals surface area contributed by atoms with Crippen LogP contribution >= 0.6 is 24.8 Å². The molecule has 0 bridgehead atoms. The average molecular weight is 915 g/mol. The summed E-state index contributed by atoms with van der Waals surface area (Å²) in [5.41, 5.74) is 23.8. The molecule has 2 aliphatic rings. The summed E-state index contributed by atoms with van der Waals surface area (Å²) in [4.78, 5) is 0. The molecule has 0 N–H and O–H groups in total. The van der Waals surface area contributed by atoms with Crippen molar-refractivity contribution in [1.29, 1.82) is 0 Å². The van der Waals surface area contributed by atoms with Gasteiger partial charge in [0.15, 0.2) is 0 Å². The number of allylic oxidation sites excluding steroid dienone is 2. The molecule has 4 aromatic carbocycles. The van der Waals surface area contributed by atoms with Gasteiger partial charge < -0.3 is 0 Å². The molecule has 0 aromatic heterocycles. The quantitative estimate of drug-likeness (QED) is 0.169. The Morgan fingerprint density at radius 2 is 0.741 bits per heavy atom. The molecular weight excluding hydrogens is 839 g/mol. The van der Waals surface area contributed by atoms with Crippen molar-refractivity contribution in [3.8, 4) is 22.3 Å². The van der Waals surface area contributed by atoms with Crippen LogP contribution in [0.2, 0.25) is 9.26 Å². The van der Waals surface area contributed by atoms with Crippen molar-refractivity contribution in [3.05, 3.63) is 127 Å². The Kier molecular flexibility index (Phi) is 13.5. The van der Waals surface area contributed by atoms with Gasteiger partial charge >= 0.3 is 348 Å². The number of hydrogen-bond acceptors (Lipinski definition) is 0. The van der Waals surface area contributed by atoms with E-state index in [1.807, 2.05) is 0 Å². The third-order valence-electron chi connectivity index (χ3n) is 13.5. The van der Waals surface area contributed by atoms with Crippen molar-refractivity contribution in [3.63, 3.8) is 0 Å². The van der Waals surface area contributed by atoms with Crippen LogP contribution in [0.3, 0.4) is 0 Å². The van der Waals surface area contributed by atoms with Gasteiger partial charge in [-0.2, -0.15) is 0 Å². The summed E-state index contributed by atoms with van der Waals surface area (Å²) in [6.45, 7) is 40.4. The summed E-state index contributed by atoms with van der Waals surface area (Å²) in [5.74, 6) is 0. The smallest absolute Gasteiger partial charge is 0.147 e. The molecule has 2 atom stereocenters. The van der Waals surface area contributed by atoms with Gasteiger partial charge in [0, 0.05) is 0 Å². The molecule has 0 aliphatic heterocycles. The molecule has 0 saturated carbocycles. The van der Waals surface area contributed by atoms with Crippen LogP contribution in [0, 0.1) is 0 Å². The summed E-state index contributed by atoms with van der Waals surface area (Å²) < 4.78 is 6.57. The van der Waals surface area contributed by atoms with E-state index in [4.69, 9.17) is 0 Å². The molecular formula is C54H76Cl2SiZr. The summed E-state index contributed by atoms with van der Waals surface area (Å²) >= 11 is -3.81. The molecule has 2 aliphatic carbocycles. The SMILES string of the molecule is CCc1cc(-c2cc(C(C)(C)C)cc(C(C)(C)C)c2)c2c(c1)[CH]([Zr]([CH3])([CH3])(=[SiH2])[CH]1C(C)=Cc3c(-c4cc(C(C)(C)C)cc(C(C)(C)C)c4)cc(CC)cc31)C(C)=C2.Cl.Cl. The van der Waals surface area contributed by atoms with E-state index in [-0.39, 0.29) is 46.5 Å². The van der Waals surface area contributed by atoms with Crippen molar-refractivity contribution in [2.24, 2.45) is 0 Å². The van der Waals surface area contributed by atoms with Gasteiger partial charge in [-0.05, 0) is 0 Å². The molecule has 0 heterocycles. The predicted octanol–water partition coefficient (Wildman–Crippen LogP) is 16.1. The van der Waals surface area contributed by atoms with Gasteiger partial charge in [-0.15, -0.1) is 24.8 Å². The molecule has 0 spiro atoms. The van der Waals surface area contributed by atoms with E-state index in [9.17, 15) is 0 Å². The molecule has 2 unspecified atom stereocenters. The zero-order valence-corrected chi connectivity index (χ0v) is 45.0. The van der Waals surface area contributed by atoms with Crippen molar-refractivity contribution >= 4 is 43.8 Å². The van der Waals surface area contributed by atoms with Gasteiger partial charge in [0.1, 0.15) is 0 Å². The molecule has 0 amide bonds. The molecule has 0 radical (unpaired) electrons. The molecule has 0 nitrogen and oxygen atoms in total. The van der Waals surface area contributed by atoms with Gasteiger partial charge in [-0.3, -0.25) is 0 Å². The minimum absolute atomic E-state index is 0. The third kappa shape index (κ3) is 8.99. The van der Waals surface area contributed by atoms with Crippen LogP contribution in [0.5, 0.6) is 0 Å². The number of halogens is 2. The van der Waals surface area contributed by atoms with E-state index in [1.165, 1.54) is 66.8 Å². The summed E-state index contributed by atoms with van der Waals surface area (Å²) in [6.07, 6.45) is 7.30. The maximum atomic E-state index is 2.81. The minimum atomic E-state index is -3.81. The number of hydrogen-bond donors (Lipinski definition) is 0. The van der Waals surface area contributed by atoms with E-state index >= 15 is 0 Å². The Labute approximate surface area is 369 Å². The van der Waals surface area contributed by atoms with Gasteiger partial charge in [-0.25, -0.2) is 0 Å². The minimum Gasteiger partial charge on any atom is -0.147 e. The summed E-state index contributed by atoms with van der Waals surface area (Å²) in [7, 11) is 0. The fourth-order valence-electron chi connectivity index (χ4n) is 10.3. The van der Waals surface area contributed by atoms with Crippen LogP contribution in [0.4, 0.5) is 0 Å². The zero-order chi connectivity index (χ0) is 41.7. The molecule has 58 heavy (non-hydrogen) atoms. The second kappa shape index (κ2) is 16.1. The molecule has 314 valence electrons. The van der Waals surface area contributed by atoms with E-state index in [2.05, 4.69) is 200 Å². The summed E-state index contributed by atoms with van der Waals surface area (Å²) in [5, 5.41) is 0. The molecule has 6 rings (SSSR count). The first-order valence-electron chi connectivity index (χ1n) is 21.6. The normalized spacial score (nSPS) is 17.2. The van der Waals surface area contributed by atoms with E-state index < -0.39 is 17.4 Å². The first-order valence-corrected chi connectivity index (χ1v) is 35.3. The standard InChI is InChI=1S/2C26H33.2CH3.2ClH.H2Si.Zr/c2*1-9-18-12-19-10-17(2)11-23(19)24(13-18)20-14-21(25(3,4)5)16-22(15-20)26(6,7)8;;;;;;/h2*10-16H,9H2,1-8H3;2*1H3;2*1H;1H2;. The van der Waals surface area contributed by atoms with Crippen molar-refractivity contribution < 1.29 is 17.4 Å². The van der Waals surface area contributed by atoms with Crippen LogP contribution < -0.4 is 0 Å². The topological polar surface area (TPSA) is 0 Å². The fourth-order valence-corrected chi connectivity index (χ4v) is 31.4. The Balaban J connectivity index is 0.00000372. The maximum absolute atomic E-state index is 3.81. The second-order valence-corrected chi connectivity index (χ2v) is 53.6. The Bertz CT molecular complexity index is 2140. The van der Waals surface area contributed by atoms with E-state index in [1.54, 1.807) is 22.3 Å². The largest absolute Gasteiger partial charge is 0.147 e. The summed E-state index contributed by atoms with van der Waals surface area (Å²) in [6, 6.07) is 25.3. The fraction of sp³-hybridized carbons (Fsp3) is 0.481. The third-order valence-corrected chi connectivity index (χ3v) is 31.4. The predicted molar refractivity (Wildman–Crippen MR) is 265 cm³/mol. The van der Waals surface area contributed by atoms with Crippen molar-refractivity contribution in [2.45, 2.75) is 162 Å². The van der Waals surface area contributed by atoms with Gasteiger partial charge in [0.2, 0.25) is 0 Å². The van der Waals surface area contributed by atoms with Crippen LogP contribution in [-0.2, 0) is 51.9 Å². The monoisotopic (exact) mass is 912 g/mol. The molecule has 0 saturated heterocycles. The van der Waals surface area contributed by atoms with Gasteiger partial charge in [-0.1, -0.05) is 0 Å². The molecule has 0 fully saturated rings. The van der Waals surface area contributed by atoms with Crippen LogP contribution in [0.25, 0.3) is 34.4 Å². The first kappa shape index (κ1) is 48.7. The van der Waals surface area contributed by atoms with Crippen molar-refractivity contribution in [1.82, 2.24) is 0 Å². The van der Waals surface area contributed by atoms with Gasteiger partial charge in [0.25, 0.3) is 0 Å². The Morgan fingerprint density at radius 3 is 0.983 bits per heavy atom. The zero-order valence-electron chi connectivity index (χ0n) is 39.5. The second-order valence-electron chi connectivity index (χ2n) is 23.2. The van der Waals surface area contributed by atoms with Crippen LogP contribution in [0.15, 0.2) is 71.8 Å². The van der Waals surface area contributed by atoms with E-state index in [0.29, 0.717) is 7.25 Å².